The van der Waals surface area contributed by atoms with Crippen LogP contribution in [0.2, 0.25) is 0 Å². The predicted octanol–water partition coefficient (Wildman–Crippen LogP) is 3.39. The number of aliphatic hydroxyl groups excluding tert-OH is 2. The van der Waals surface area contributed by atoms with Crippen LogP contribution in [0.15, 0.2) is 35.2 Å². The second-order valence-corrected chi connectivity index (χ2v) is 12.0. The van der Waals surface area contributed by atoms with Crippen molar-refractivity contribution in [1.82, 2.24) is 0 Å². The Labute approximate surface area is 200 Å². The number of aliphatic hydroxyl groups is 2. The molecule has 1 saturated heterocycles. The van der Waals surface area contributed by atoms with E-state index in [2.05, 4.69) is 13.8 Å². The highest BCUT2D eigenvalue weighted by molar-refractivity contribution is 5.96. The molecule has 1 spiro atoms. The van der Waals surface area contributed by atoms with E-state index >= 15 is 0 Å². The number of hydrogen-bond acceptors (Lipinski definition) is 7. The molecule has 0 bridgehead atoms. The Kier molecular flexibility index (Phi) is 4.93. The number of furan rings is 1. The average molecular weight is 473 g/mol. The Morgan fingerprint density at radius 3 is 2.56 bits per heavy atom. The number of epoxide rings is 1. The smallest absolute Gasteiger partial charge is 0.335 e. The van der Waals surface area contributed by atoms with E-state index in [9.17, 15) is 19.8 Å². The summed E-state index contributed by atoms with van der Waals surface area (Å²) in [6, 6.07) is 1.97. The molecule has 1 aromatic heterocycles. The van der Waals surface area contributed by atoms with E-state index < -0.39 is 46.1 Å². The molecule has 7 heteroatoms. The lowest BCUT2D eigenvalue weighted by atomic mass is 9.46. The quantitative estimate of drug-likeness (QED) is 0.511. The summed E-state index contributed by atoms with van der Waals surface area (Å²) in [6.07, 6.45) is 6.92. The highest BCUT2D eigenvalue weighted by atomic mass is 16.6. The molecule has 0 amide bonds. The van der Waals surface area contributed by atoms with Crippen molar-refractivity contribution in [2.75, 3.05) is 7.11 Å². The number of carbonyl (C=O) groups is 2. The minimum Gasteiger partial charge on any atom is -0.472 e. The van der Waals surface area contributed by atoms with Crippen LogP contribution in [0.4, 0.5) is 0 Å². The lowest BCUT2D eigenvalue weighted by Crippen LogP contribution is -2.61. The number of carbonyl (C=O) groups excluding carboxylic acids is 2. The third kappa shape index (κ3) is 2.58. The Morgan fingerprint density at radius 1 is 1.24 bits per heavy atom. The van der Waals surface area contributed by atoms with Crippen LogP contribution in [0.3, 0.4) is 0 Å². The Bertz CT molecular complexity index is 1040. The molecule has 34 heavy (non-hydrogen) atoms. The van der Waals surface area contributed by atoms with Gasteiger partial charge in [-0.15, -0.1) is 0 Å². The predicted molar refractivity (Wildman–Crippen MR) is 123 cm³/mol. The van der Waals surface area contributed by atoms with E-state index in [4.69, 9.17) is 13.9 Å². The molecule has 1 aromatic rings. The maximum Gasteiger partial charge on any atom is 0.335 e. The fourth-order valence-electron chi connectivity index (χ4n) is 8.80. The average Bonchev–Trinajstić information content (AvgIpc) is 3.07. The lowest BCUT2D eigenvalue weighted by molar-refractivity contribution is -0.167. The summed E-state index contributed by atoms with van der Waals surface area (Å²) in [5.74, 6) is -1.60. The van der Waals surface area contributed by atoms with E-state index in [1.54, 1.807) is 32.4 Å². The second-order valence-electron chi connectivity index (χ2n) is 12.0. The number of ketones is 1. The number of ether oxygens (including phenoxy) is 2. The van der Waals surface area contributed by atoms with Crippen molar-refractivity contribution in [2.24, 2.45) is 28.1 Å². The molecule has 0 radical (unpaired) electrons. The summed E-state index contributed by atoms with van der Waals surface area (Å²) < 4.78 is 16.9. The van der Waals surface area contributed by atoms with Gasteiger partial charge in [0.15, 0.2) is 11.9 Å². The molecule has 7 nitrogen and oxygen atoms in total. The Morgan fingerprint density at radius 2 is 1.94 bits per heavy atom. The Balaban J connectivity index is 1.59. The molecule has 3 aliphatic carbocycles. The monoisotopic (exact) mass is 472 g/mol. The third-order valence-electron chi connectivity index (χ3n) is 10.4. The molecule has 1 aliphatic heterocycles. The zero-order valence-electron chi connectivity index (χ0n) is 20.8. The first-order chi connectivity index (χ1) is 15.8. The highest BCUT2D eigenvalue weighted by Crippen LogP contribution is 2.79. The third-order valence-corrected chi connectivity index (χ3v) is 10.4. The molecule has 0 aromatic carbocycles. The van der Waals surface area contributed by atoms with Crippen molar-refractivity contribution in [1.29, 1.82) is 0 Å². The second kappa shape index (κ2) is 7.05. The molecule has 9 atom stereocenters. The number of esters is 1. The minimum absolute atomic E-state index is 0.105. The lowest BCUT2D eigenvalue weighted by Gasteiger charge is -2.55. The van der Waals surface area contributed by atoms with Gasteiger partial charge in [-0.2, -0.15) is 0 Å². The molecule has 3 fully saturated rings. The van der Waals surface area contributed by atoms with Crippen molar-refractivity contribution < 1.29 is 33.7 Å². The number of rotatable bonds is 4. The van der Waals surface area contributed by atoms with Crippen molar-refractivity contribution in [3.05, 3.63) is 36.3 Å². The van der Waals surface area contributed by atoms with Crippen LogP contribution in [-0.2, 0) is 19.1 Å². The van der Waals surface area contributed by atoms with Gasteiger partial charge >= 0.3 is 5.97 Å². The van der Waals surface area contributed by atoms with Gasteiger partial charge in [0.2, 0.25) is 0 Å². The van der Waals surface area contributed by atoms with Crippen LogP contribution in [0, 0.1) is 28.1 Å². The normalized spacial score (nSPS) is 47.6. The van der Waals surface area contributed by atoms with Crippen LogP contribution in [0.25, 0.3) is 0 Å². The summed E-state index contributed by atoms with van der Waals surface area (Å²) in [5, 5.41) is 22.6. The fraction of sp³-hybridized carbons (Fsp3) is 0.704. The van der Waals surface area contributed by atoms with Crippen LogP contribution >= 0.6 is 0 Å². The van der Waals surface area contributed by atoms with E-state index in [1.807, 2.05) is 19.1 Å². The number of hydrogen-bond donors (Lipinski definition) is 2. The molecule has 0 unspecified atom stereocenters. The SMILES string of the molecule is COC(=O)[C@H](O)[C@H]1C(C)(C)C(=O)C=C[C@]1(C)[C@H]1CC[C@@]2(C)[C@H](c3ccoc3)C[C@@H](O)[C@]23O[C@]13C. The largest absolute Gasteiger partial charge is 0.472 e. The summed E-state index contributed by atoms with van der Waals surface area (Å²) in [7, 11) is 1.24. The van der Waals surface area contributed by atoms with Gasteiger partial charge < -0.3 is 24.1 Å². The minimum atomic E-state index is -1.46. The number of allylic oxidation sites excluding steroid dienone is 2. The first-order valence-corrected chi connectivity index (χ1v) is 12.2. The zero-order valence-corrected chi connectivity index (χ0v) is 20.8. The first kappa shape index (κ1) is 23.8. The maximum atomic E-state index is 12.9. The van der Waals surface area contributed by atoms with E-state index in [-0.39, 0.29) is 23.0 Å². The molecule has 2 heterocycles. The van der Waals surface area contributed by atoms with Crippen LogP contribution in [-0.4, -0.2) is 52.5 Å². The van der Waals surface area contributed by atoms with Crippen LogP contribution in [0.5, 0.6) is 0 Å². The van der Waals surface area contributed by atoms with Crippen molar-refractivity contribution in [3.63, 3.8) is 0 Å². The maximum absolute atomic E-state index is 12.9. The highest BCUT2D eigenvalue weighted by Gasteiger charge is 2.87. The van der Waals surface area contributed by atoms with Crippen LogP contribution < -0.4 is 0 Å². The molecule has 2 N–H and O–H groups in total. The first-order valence-electron chi connectivity index (χ1n) is 12.2. The molecule has 5 rings (SSSR count). The molecule has 186 valence electrons. The van der Waals surface area contributed by atoms with Gasteiger partial charge in [0.1, 0.15) is 11.2 Å². The Hall–Kier alpha value is -1.96. The van der Waals surface area contributed by atoms with E-state index in [0.717, 1.165) is 18.4 Å². The van der Waals surface area contributed by atoms with Gasteiger partial charge in [-0.05, 0) is 61.1 Å². The zero-order chi connectivity index (χ0) is 24.9. The van der Waals surface area contributed by atoms with E-state index in [0.29, 0.717) is 6.42 Å². The summed E-state index contributed by atoms with van der Waals surface area (Å²) in [5.41, 5.74) is -2.36. The molecular formula is C27H36O7. The summed E-state index contributed by atoms with van der Waals surface area (Å²) >= 11 is 0. The molecule has 2 saturated carbocycles. The standard InChI is InChI=1S/C27H36O7/c1-23(2)18(28)8-10-24(3,21(23)20(30)22(31)32-6)17-7-11-25(4)16(15-9-12-33-14-15)13-19(29)27(25)26(17,5)34-27/h8-10,12,14,16-17,19-21,29-30H,7,11,13H2,1-6H3/t16-,17+,19+,20+,21-,24+,25-,26+,27-/m0/s1. The van der Waals surface area contributed by atoms with Crippen LogP contribution in [0.1, 0.15) is 65.4 Å². The molecule has 4 aliphatic rings. The molecular weight excluding hydrogens is 436 g/mol. The van der Waals surface area contributed by atoms with Crippen molar-refractivity contribution in [3.8, 4) is 0 Å². The van der Waals surface area contributed by atoms with Gasteiger partial charge in [-0.25, -0.2) is 4.79 Å². The van der Waals surface area contributed by atoms with Gasteiger partial charge in [0.25, 0.3) is 0 Å². The van der Waals surface area contributed by atoms with Gasteiger partial charge in [0.05, 0.1) is 25.7 Å². The number of methoxy groups -OCH3 is 1. The van der Waals surface area contributed by atoms with Gasteiger partial charge in [-0.3, -0.25) is 4.79 Å². The summed E-state index contributed by atoms with van der Waals surface area (Å²) in [6.45, 7) is 9.84. The van der Waals surface area contributed by atoms with Gasteiger partial charge in [0, 0.05) is 16.7 Å². The van der Waals surface area contributed by atoms with Crippen molar-refractivity contribution >= 4 is 11.8 Å². The van der Waals surface area contributed by atoms with Crippen molar-refractivity contribution in [2.45, 2.75) is 83.2 Å². The van der Waals surface area contributed by atoms with E-state index in [1.165, 1.54) is 7.11 Å². The fourth-order valence-corrected chi connectivity index (χ4v) is 8.80. The summed E-state index contributed by atoms with van der Waals surface area (Å²) in [4.78, 5) is 25.4. The topological polar surface area (TPSA) is 110 Å². The van der Waals surface area contributed by atoms with Gasteiger partial charge in [-0.1, -0.05) is 33.8 Å².